The van der Waals surface area contributed by atoms with E-state index < -0.39 is 0 Å². The highest BCUT2D eigenvalue weighted by molar-refractivity contribution is 7.99. The maximum absolute atomic E-state index is 4.19. The average molecular weight is 277 g/mol. The van der Waals surface area contributed by atoms with E-state index in [1.807, 2.05) is 18.5 Å². The summed E-state index contributed by atoms with van der Waals surface area (Å²) >= 11 is 2.09. The van der Waals surface area contributed by atoms with Crippen molar-refractivity contribution < 1.29 is 0 Å². The van der Waals surface area contributed by atoms with Crippen LogP contribution in [0.1, 0.15) is 24.8 Å². The van der Waals surface area contributed by atoms with Crippen LogP contribution in [0.3, 0.4) is 0 Å². The summed E-state index contributed by atoms with van der Waals surface area (Å²) in [5.74, 6) is 2.66. The first-order valence-corrected chi connectivity index (χ1v) is 8.51. The van der Waals surface area contributed by atoms with Crippen LogP contribution in [0, 0.1) is 0 Å². The molecule has 1 atom stereocenters. The average Bonchev–Trinajstić information content (AvgIpc) is 2.95. The molecule has 2 saturated heterocycles. The summed E-state index contributed by atoms with van der Waals surface area (Å²) in [5.41, 5.74) is 1.33. The van der Waals surface area contributed by atoms with Gasteiger partial charge in [0.05, 0.1) is 0 Å². The molecule has 4 heteroatoms. The van der Waals surface area contributed by atoms with Gasteiger partial charge in [-0.05, 0) is 49.7 Å². The van der Waals surface area contributed by atoms with E-state index in [0.717, 1.165) is 18.6 Å². The van der Waals surface area contributed by atoms with Crippen molar-refractivity contribution in [2.75, 3.05) is 24.6 Å². The topological polar surface area (TPSA) is 28.2 Å². The molecule has 0 aliphatic carbocycles. The van der Waals surface area contributed by atoms with E-state index in [-0.39, 0.29) is 0 Å². The highest BCUT2D eigenvalue weighted by Gasteiger charge is 2.23. The molecule has 0 amide bonds. The molecule has 0 aromatic carbocycles. The van der Waals surface area contributed by atoms with Crippen LogP contribution in [0.4, 0.5) is 0 Å². The summed E-state index contributed by atoms with van der Waals surface area (Å²) in [7, 11) is 0. The van der Waals surface area contributed by atoms with E-state index in [4.69, 9.17) is 0 Å². The van der Waals surface area contributed by atoms with Crippen molar-refractivity contribution in [3.05, 3.63) is 30.1 Å². The summed E-state index contributed by atoms with van der Waals surface area (Å²) in [6, 6.07) is 5.72. The molecule has 3 rings (SSSR count). The molecule has 0 unspecified atom stereocenters. The molecule has 1 N–H and O–H groups in total. The van der Waals surface area contributed by atoms with Gasteiger partial charge in [-0.15, -0.1) is 0 Å². The first-order valence-electron chi connectivity index (χ1n) is 7.35. The molecule has 1 aromatic rings. The van der Waals surface area contributed by atoms with Crippen LogP contribution in [0.5, 0.6) is 0 Å². The predicted molar refractivity (Wildman–Crippen MR) is 81.4 cm³/mol. The Morgan fingerprint density at radius 2 is 2.16 bits per heavy atom. The summed E-state index contributed by atoms with van der Waals surface area (Å²) in [5, 5.41) is 3.84. The van der Waals surface area contributed by atoms with Gasteiger partial charge in [0, 0.05) is 36.8 Å². The Kier molecular flexibility index (Phi) is 4.75. The molecule has 2 aliphatic heterocycles. The number of nitrogens with zero attached hydrogens (tertiary/aromatic N) is 2. The van der Waals surface area contributed by atoms with Crippen LogP contribution >= 0.6 is 11.8 Å². The highest BCUT2D eigenvalue weighted by Crippen LogP contribution is 2.20. The molecular formula is C15H23N3S. The van der Waals surface area contributed by atoms with Gasteiger partial charge in [-0.2, -0.15) is 11.8 Å². The molecule has 0 saturated carbocycles. The fourth-order valence-corrected chi connectivity index (χ4v) is 4.17. The fraction of sp³-hybridized carbons (Fsp3) is 0.667. The molecule has 0 bridgehead atoms. The Morgan fingerprint density at radius 3 is 2.84 bits per heavy atom. The lowest BCUT2D eigenvalue weighted by Gasteiger charge is -2.33. The second-order valence-electron chi connectivity index (χ2n) is 5.64. The maximum Gasteiger partial charge on any atom is 0.0312 e. The number of hydrogen-bond donors (Lipinski definition) is 1. The Balaban J connectivity index is 1.41. The van der Waals surface area contributed by atoms with E-state index in [1.165, 1.54) is 49.4 Å². The van der Waals surface area contributed by atoms with E-state index in [1.54, 1.807) is 0 Å². The van der Waals surface area contributed by atoms with Gasteiger partial charge in [-0.25, -0.2) is 0 Å². The van der Waals surface area contributed by atoms with Crippen molar-refractivity contribution in [2.24, 2.45) is 0 Å². The lowest BCUT2D eigenvalue weighted by atomic mass is 10.0. The van der Waals surface area contributed by atoms with Gasteiger partial charge in [0.1, 0.15) is 0 Å². The molecule has 0 spiro atoms. The van der Waals surface area contributed by atoms with Crippen LogP contribution in [-0.4, -0.2) is 46.6 Å². The number of pyridine rings is 1. The van der Waals surface area contributed by atoms with E-state index in [9.17, 15) is 0 Å². The van der Waals surface area contributed by atoms with Gasteiger partial charge in [-0.3, -0.25) is 9.88 Å². The predicted octanol–water partition coefficient (Wildman–Crippen LogP) is 2.14. The number of likely N-dealkylation sites (tertiary alicyclic amines) is 1. The van der Waals surface area contributed by atoms with Crippen molar-refractivity contribution in [1.82, 2.24) is 15.2 Å². The second-order valence-corrected chi connectivity index (χ2v) is 6.79. The first kappa shape index (κ1) is 13.4. The zero-order valence-corrected chi connectivity index (χ0v) is 12.2. The minimum absolute atomic E-state index is 0.744. The van der Waals surface area contributed by atoms with Crippen molar-refractivity contribution in [3.8, 4) is 0 Å². The van der Waals surface area contributed by atoms with Crippen LogP contribution in [0.25, 0.3) is 0 Å². The molecule has 3 heterocycles. The number of rotatable bonds is 4. The van der Waals surface area contributed by atoms with Gasteiger partial charge in [0.2, 0.25) is 0 Å². The Hall–Kier alpha value is -0.580. The van der Waals surface area contributed by atoms with Crippen LogP contribution in [0.15, 0.2) is 24.5 Å². The zero-order chi connectivity index (χ0) is 12.9. The second kappa shape index (κ2) is 6.73. The van der Waals surface area contributed by atoms with Crippen LogP contribution in [-0.2, 0) is 6.54 Å². The van der Waals surface area contributed by atoms with Gasteiger partial charge in [0.25, 0.3) is 0 Å². The van der Waals surface area contributed by atoms with Gasteiger partial charge in [0.15, 0.2) is 0 Å². The maximum atomic E-state index is 4.19. The largest absolute Gasteiger partial charge is 0.310 e. The quantitative estimate of drug-likeness (QED) is 0.913. The van der Waals surface area contributed by atoms with Gasteiger partial charge in [-0.1, -0.05) is 6.07 Å². The number of thioether (sulfide) groups is 1. The molecule has 0 radical (unpaired) electrons. The smallest absolute Gasteiger partial charge is 0.0312 e. The van der Waals surface area contributed by atoms with Crippen molar-refractivity contribution in [2.45, 2.75) is 37.9 Å². The van der Waals surface area contributed by atoms with E-state index in [2.05, 4.69) is 33.0 Å². The summed E-state index contributed by atoms with van der Waals surface area (Å²) in [4.78, 5) is 6.75. The third-order valence-electron chi connectivity index (χ3n) is 4.12. The molecule has 2 aliphatic rings. The van der Waals surface area contributed by atoms with E-state index in [0.29, 0.717) is 0 Å². The van der Waals surface area contributed by atoms with Gasteiger partial charge >= 0.3 is 0 Å². The summed E-state index contributed by atoms with van der Waals surface area (Å²) in [6.07, 6.45) is 7.78. The van der Waals surface area contributed by atoms with Gasteiger partial charge < -0.3 is 5.32 Å². The molecule has 3 nitrogen and oxygen atoms in total. The van der Waals surface area contributed by atoms with Crippen molar-refractivity contribution in [3.63, 3.8) is 0 Å². The minimum Gasteiger partial charge on any atom is -0.310 e. The highest BCUT2D eigenvalue weighted by atomic mass is 32.2. The molecule has 19 heavy (non-hydrogen) atoms. The minimum atomic E-state index is 0.744. The Bertz CT molecular complexity index is 370. The standard InChI is InChI=1S/C15H23N3S/c1-2-13(10-16-6-1)11-18-7-3-14(4-8-18)17-15-5-9-19-12-15/h1-2,6,10,14-15,17H,3-5,7-9,11-12H2/t15-/m0/s1. The Morgan fingerprint density at radius 1 is 1.26 bits per heavy atom. The van der Waals surface area contributed by atoms with Crippen molar-refractivity contribution in [1.29, 1.82) is 0 Å². The normalized spacial score (nSPS) is 25.8. The molecular weight excluding hydrogens is 254 g/mol. The van der Waals surface area contributed by atoms with Crippen LogP contribution < -0.4 is 5.32 Å². The molecule has 1 aromatic heterocycles. The summed E-state index contributed by atoms with van der Waals surface area (Å²) < 4.78 is 0. The number of hydrogen-bond acceptors (Lipinski definition) is 4. The Labute approximate surface area is 120 Å². The number of piperidine rings is 1. The van der Waals surface area contributed by atoms with Crippen molar-refractivity contribution >= 4 is 11.8 Å². The fourth-order valence-electron chi connectivity index (χ4n) is 3.01. The monoisotopic (exact) mass is 277 g/mol. The zero-order valence-electron chi connectivity index (χ0n) is 11.4. The number of nitrogens with one attached hydrogen (secondary N) is 1. The first-order chi connectivity index (χ1) is 9.40. The third kappa shape index (κ3) is 3.94. The SMILES string of the molecule is c1cncc(CN2CCC(N[C@H]3CCSC3)CC2)c1. The third-order valence-corrected chi connectivity index (χ3v) is 5.28. The lowest BCUT2D eigenvalue weighted by molar-refractivity contribution is 0.185. The molecule has 2 fully saturated rings. The summed E-state index contributed by atoms with van der Waals surface area (Å²) in [6.45, 7) is 3.48. The van der Waals surface area contributed by atoms with E-state index >= 15 is 0 Å². The lowest BCUT2D eigenvalue weighted by Crippen LogP contribution is -2.46. The molecule has 104 valence electrons. The van der Waals surface area contributed by atoms with Crippen LogP contribution in [0.2, 0.25) is 0 Å². The number of aromatic nitrogens is 1.